The molecule has 1 aliphatic carbocycles. The van der Waals surface area contributed by atoms with Gasteiger partial charge in [-0.1, -0.05) is 68.8 Å². The van der Waals surface area contributed by atoms with Gasteiger partial charge in [-0.2, -0.15) is 0 Å². The van der Waals surface area contributed by atoms with E-state index in [1.807, 2.05) is 42.5 Å². The molecule has 4 rings (SSSR count). The van der Waals surface area contributed by atoms with Crippen LogP contribution < -0.4 is 10.1 Å². The van der Waals surface area contributed by atoms with Gasteiger partial charge in [-0.05, 0) is 66.4 Å². The van der Waals surface area contributed by atoms with Gasteiger partial charge in [0.05, 0.1) is 0 Å². The number of amides is 1. The smallest absolute Gasteiger partial charge is 0.309 e. The Hall–Kier alpha value is -2.85. The van der Waals surface area contributed by atoms with Gasteiger partial charge in [-0.3, -0.25) is 4.79 Å². The summed E-state index contributed by atoms with van der Waals surface area (Å²) in [5.41, 5.74) is 5.13. The van der Waals surface area contributed by atoms with Crippen LogP contribution in [0.25, 0.3) is 5.57 Å². The SMILES string of the molecule is CC(C)(C)c1ccc2c(c1)C(c1ccccc1)=CC(O)(C(=O)NCCC1=CCCCC1)O2. The fourth-order valence-electron chi connectivity index (χ4n) is 4.33. The van der Waals surface area contributed by atoms with Gasteiger partial charge in [0.2, 0.25) is 0 Å². The Morgan fingerprint density at radius 1 is 1.12 bits per heavy atom. The molecule has 0 bridgehead atoms. The van der Waals surface area contributed by atoms with E-state index in [9.17, 15) is 9.90 Å². The van der Waals surface area contributed by atoms with Crippen LogP contribution in [0.4, 0.5) is 0 Å². The molecule has 1 heterocycles. The molecule has 32 heavy (non-hydrogen) atoms. The van der Waals surface area contributed by atoms with E-state index in [4.69, 9.17) is 4.74 Å². The Bertz CT molecular complexity index is 1050. The Balaban J connectivity index is 1.63. The minimum absolute atomic E-state index is 0.0320. The zero-order chi connectivity index (χ0) is 22.8. The number of benzene rings is 2. The topological polar surface area (TPSA) is 58.6 Å². The van der Waals surface area contributed by atoms with Crippen LogP contribution in [0.15, 0.2) is 66.3 Å². The highest BCUT2D eigenvalue weighted by molar-refractivity contribution is 5.93. The number of aliphatic hydroxyl groups is 1. The van der Waals surface area contributed by atoms with Crippen LogP contribution >= 0.6 is 0 Å². The van der Waals surface area contributed by atoms with Gasteiger partial charge < -0.3 is 15.2 Å². The molecule has 1 aliphatic heterocycles. The van der Waals surface area contributed by atoms with Crippen molar-refractivity contribution in [2.75, 3.05) is 6.54 Å². The Morgan fingerprint density at radius 3 is 2.59 bits per heavy atom. The molecular formula is C28H33NO3. The molecule has 4 nitrogen and oxygen atoms in total. The molecule has 168 valence electrons. The summed E-state index contributed by atoms with van der Waals surface area (Å²) in [7, 11) is 0. The van der Waals surface area contributed by atoms with E-state index in [2.05, 4.69) is 38.2 Å². The first-order valence-corrected chi connectivity index (χ1v) is 11.6. The summed E-state index contributed by atoms with van der Waals surface area (Å²) in [6.45, 7) is 6.97. The van der Waals surface area contributed by atoms with Gasteiger partial charge in [-0.15, -0.1) is 0 Å². The molecule has 2 aliphatic rings. The number of nitrogens with one attached hydrogen (secondary N) is 1. The third kappa shape index (κ3) is 4.81. The van der Waals surface area contributed by atoms with Crippen molar-refractivity contribution < 1.29 is 14.6 Å². The van der Waals surface area contributed by atoms with E-state index in [0.29, 0.717) is 12.3 Å². The van der Waals surface area contributed by atoms with Crippen LogP contribution in [-0.4, -0.2) is 23.3 Å². The third-order valence-corrected chi connectivity index (χ3v) is 6.27. The highest BCUT2D eigenvalue weighted by Gasteiger charge is 2.41. The third-order valence-electron chi connectivity index (χ3n) is 6.27. The number of fused-ring (bicyclic) bond motifs is 1. The highest BCUT2D eigenvalue weighted by Crippen LogP contribution is 2.41. The molecule has 1 atom stereocenters. The van der Waals surface area contributed by atoms with E-state index < -0.39 is 11.7 Å². The van der Waals surface area contributed by atoms with Crippen molar-refractivity contribution in [3.63, 3.8) is 0 Å². The second-order valence-corrected chi connectivity index (χ2v) is 9.80. The van der Waals surface area contributed by atoms with E-state index in [-0.39, 0.29) is 5.41 Å². The fourth-order valence-corrected chi connectivity index (χ4v) is 4.33. The lowest BCUT2D eigenvalue weighted by molar-refractivity contribution is -0.161. The molecule has 2 aromatic carbocycles. The molecule has 2 aromatic rings. The van der Waals surface area contributed by atoms with Crippen LogP contribution in [0.2, 0.25) is 0 Å². The maximum atomic E-state index is 13.0. The van der Waals surface area contributed by atoms with E-state index >= 15 is 0 Å². The summed E-state index contributed by atoms with van der Waals surface area (Å²) in [6, 6.07) is 15.8. The summed E-state index contributed by atoms with van der Waals surface area (Å²) >= 11 is 0. The van der Waals surface area contributed by atoms with Gasteiger partial charge >= 0.3 is 5.79 Å². The highest BCUT2D eigenvalue weighted by atomic mass is 16.6. The minimum atomic E-state index is -2.05. The quantitative estimate of drug-likeness (QED) is 0.614. The number of hydrogen-bond acceptors (Lipinski definition) is 3. The van der Waals surface area contributed by atoms with E-state index in [1.54, 1.807) is 6.08 Å². The number of hydrogen-bond donors (Lipinski definition) is 2. The standard InChI is InChI=1S/C28H33NO3/c1-27(2,3)22-14-15-25-23(18-22)24(21-12-8-5-9-13-21)19-28(31,32-25)26(30)29-17-16-20-10-6-4-7-11-20/h5,8-10,12-15,18-19,31H,4,6-7,11,16-17H2,1-3H3,(H,29,30). The number of carbonyl (C=O) groups excluding carboxylic acids is 1. The Morgan fingerprint density at radius 2 is 1.91 bits per heavy atom. The van der Waals surface area contributed by atoms with Crippen molar-refractivity contribution in [1.82, 2.24) is 5.32 Å². The summed E-state index contributed by atoms with van der Waals surface area (Å²) < 4.78 is 5.90. The summed E-state index contributed by atoms with van der Waals surface area (Å²) in [5, 5.41) is 14.1. The average molecular weight is 432 g/mol. The molecule has 1 amide bonds. The number of carbonyl (C=O) groups is 1. The zero-order valence-electron chi connectivity index (χ0n) is 19.3. The molecular weight excluding hydrogens is 398 g/mol. The maximum Gasteiger partial charge on any atom is 0.309 e. The number of ether oxygens (including phenoxy) is 1. The zero-order valence-corrected chi connectivity index (χ0v) is 19.3. The van der Waals surface area contributed by atoms with Crippen molar-refractivity contribution >= 4 is 11.5 Å². The summed E-state index contributed by atoms with van der Waals surface area (Å²) in [5.74, 6) is -2.08. The van der Waals surface area contributed by atoms with Crippen LogP contribution in [0.3, 0.4) is 0 Å². The average Bonchev–Trinajstić information content (AvgIpc) is 2.79. The van der Waals surface area contributed by atoms with Crippen molar-refractivity contribution in [2.45, 2.75) is 64.1 Å². The predicted molar refractivity (Wildman–Crippen MR) is 128 cm³/mol. The Kier molecular flexibility index (Phi) is 6.25. The lowest BCUT2D eigenvalue weighted by atomic mass is 9.83. The summed E-state index contributed by atoms with van der Waals surface area (Å²) in [6.07, 6.45) is 9.30. The van der Waals surface area contributed by atoms with Gasteiger partial charge in [-0.25, -0.2) is 0 Å². The first-order valence-electron chi connectivity index (χ1n) is 11.6. The van der Waals surface area contributed by atoms with Crippen LogP contribution in [0, 0.1) is 0 Å². The van der Waals surface area contributed by atoms with E-state index in [1.165, 1.54) is 18.4 Å². The molecule has 0 saturated heterocycles. The van der Waals surface area contributed by atoms with Crippen LogP contribution in [0.5, 0.6) is 5.75 Å². The normalized spacial score (nSPS) is 20.5. The molecule has 2 N–H and O–H groups in total. The molecule has 0 aromatic heterocycles. The predicted octanol–water partition coefficient (Wildman–Crippen LogP) is 5.50. The van der Waals surface area contributed by atoms with E-state index in [0.717, 1.165) is 41.5 Å². The maximum absolute atomic E-state index is 13.0. The monoisotopic (exact) mass is 431 g/mol. The number of rotatable bonds is 5. The van der Waals surface area contributed by atoms with Gasteiger partial charge in [0.15, 0.2) is 0 Å². The fraction of sp³-hybridized carbons (Fsp3) is 0.393. The molecule has 4 heteroatoms. The van der Waals surface area contributed by atoms with Gasteiger partial charge in [0.25, 0.3) is 5.91 Å². The van der Waals surface area contributed by atoms with Crippen molar-refractivity contribution in [3.8, 4) is 5.75 Å². The second kappa shape index (κ2) is 8.95. The molecule has 0 spiro atoms. The van der Waals surface area contributed by atoms with Crippen LogP contribution in [0.1, 0.15) is 69.6 Å². The van der Waals surface area contributed by atoms with Crippen molar-refractivity contribution in [2.24, 2.45) is 0 Å². The lowest BCUT2D eigenvalue weighted by Crippen LogP contribution is -2.51. The first kappa shape index (κ1) is 22.3. The van der Waals surface area contributed by atoms with Crippen LogP contribution in [-0.2, 0) is 10.2 Å². The molecule has 1 unspecified atom stereocenters. The lowest BCUT2D eigenvalue weighted by Gasteiger charge is -2.32. The first-order chi connectivity index (χ1) is 15.3. The Labute approximate surface area is 191 Å². The van der Waals surface area contributed by atoms with Crippen molar-refractivity contribution in [1.29, 1.82) is 0 Å². The molecule has 0 saturated carbocycles. The largest absolute Gasteiger partial charge is 0.449 e. The minimum Gasteiger partial charge on any atom is -0.449 e. The summed E-state index contributed by atoms with van der Waals surface area (Å²) in [4.78, 5) is 13.0. The number of allylic oxidation sites excluding steroid dienone is 1. The van der Waals surface area contributed by atoms with Crippen molar-refractivity contribution in [3.05, 3.63) is 82.9 Å². The molecule has 0 radical (unpaired) electrons. The van der Waals surface area contributed by atoms with Gasteiger partial charge in [0.1, 0.15) is 5.75 Å². The second-order valence-electron chi connectivity index (χ2n) is 9.80. The van der Waals surface area contributed by atoms with Gasteiger partial charge in [0, 0.05) is 18.2 Å². The molecule has 0 fully saturated rings.